The summed E-state index contributed by atoms with van der Waals surface area (Å²) in [5.41, 5.74) is 0.582. The van der Waals surface area contributed by atoms with E-state index in [-0.39, 0.29) is 36.8 Å². The van der Waals surface area contributed by atoms with Crippen molar-refractivity contribution in [3.8, 4) is 5.75 Å². The summed E-state index contributed by atoms with van der Waals surface area (Å²) in [4.78, 5) is 49.3. The molecule has 2 aromatic rings. The zero-order valence-electron chi connectivity index (χ0n) is 17.7. The topological polar surface area (TPSA) is 102 Å². The van der Waals surface area contributed by atoms with E-state index in [4.69, 9.17) is 9.47 Å². The first-order valence-electron chi connectivity index (χ1n) is 10.1. The fourth-order valence-electron chi connectivity index (χ4n) is 2.83. The number of nitrogens with one attached hydrogen (secondary N) is 1. The third kappa shape index (κ3) is 6.42. The van der Waals surface area contributed by atoms with Gasteiger partial charge in [-0.2, -0.15) is 0 Å². The van der Waals surface area contributed by atoms with Crippen molar-refractivity contribution in [2.24, 2.45) is 0 Å². The van der Waals surface area contributed by atoms with Crippen molar-refractivity contribution in [1.82, 2.24) is 10.2 Å². The van der Waals surface area contributed by atoms with Gasteiger partial charge >= 0.3 is 5.97 Å². The maximum Gasteiger partial charge on any atom is 0.338 e. The number of benzene rings is 2. The molecule has 1 fully saturated rings. The first-order chi connectivity index (χ1) is 15.9. The summed E-state index contributed by atoms with van der Waals surface area (Å²) in [5.74, 6) is -1.54. The van der Waals surface area contributed by atoms with Crippen LogP contribution in [-0.2, 0) is 14.3 Å². The van der Waals surface area contributed by atoms with Crippen LogP contribution in [0.2, 0.25) is 0 Å². The van der Waals surface area contributed by atoms with Gasteiger partial charge in [0.05, 0.1) is 17.1 Å². The number of imide groups is 1. The first-order valence-corrected chi connectivity index (χ1v) is 10.9. The summed E-state index contributed by atoms with van der Waals surface area (Å²) in [6.45, 7) is 1.71. The zero-order chi connectivity index (χ0) is 23.8. The smallest absolute Gasteiger partial charge is 0.338 e. The minimum Gasteiger partial charge on any atom is -0.484 e. The molecule has 0 saturated carbocycles. The van der Waals surface area contributed by atoms with Crippen molar-refractivity contribution in [1.29, 1.82) is 0 Å². The number of amides is 3. The van der Waals surface area contributed by atoms with Gasteiger partial charge in [0.1, 0.15) is 11.6 Å². The van der Waals surface area contributed by atoms with Gasteiger partial charge in [0.25, 0.3) is 17.1 Å². The predicted octanol–water partition coefficient (Wildman–Crippen LogP) is 3.23. The molecule has 1 aliphatic rings. The van der Waals surface area contributed by atoms with E-state index in [9.17, 15) is 23.6 Å². The molecule has 0 aliphatic carbocycles. The maximum absolute atomic E-state index is 13.8. The van der Waals surface area contributed by atoms with Crippen LogP contribution in [0.25, 0.3) is 6.08 Å². The Morgan fingerprint density at radius 2 is 1.85 bits per heavy atom. The fourth-order valence-corrected chi connectivity index (χ4v) is 3.69. The fraction of sp³-hybridized carbons (Fsp3) is 0.217. The highest BCUT2D eigenvalue weighted by atomic mass is 32.2. The van der Waals surface area contributed by atoms with Crippen molar-refractivity contribution in [2.45, 2.75) is 6.92 Å². The van der Waals surface area contributed by atoms with Gasteiger partial charge in [-0.15, -0.1) is 0 Å². The molecule has 172 valence electrons. The number of carbonyl (C=O) groups excluding carboxylic acids is 4. The normalized spacial score (nSPS) is 14.5. The average molecular weight is 472 g/mol. The second-order valence-corrected chi connectivity index (χ2v) is 7.73. The lowest BCUT2D eigenvalue weighted by Gasteiger charge is -2.13. The second kappa shape index (κ2) is 11.3. The number of thioether (sulfide) groups is 1. The molecule has 1 aliphatic heterocycles. The van der Waals surface area contributed by atoms with Crippen molar-refractivity contribution < 1.29 is 33.0 Å². The molecule has 0 unspecified atom stereocenters. The molecule has 1 N–H and O–H groups in total. The third-order valence-corrected chi connectivity index (χ3v) is 5.37. The van der Waals surface area contributed by atoms with Crippen LogP contribution in [0.3, 0.4) is 0 Å². The molecule has 0 bridgehead atoms. The van der Waals surface area contributed by atoms with E-state index >= 15 is 0 Å². The van der Waals surface area contributed by atoms with Crippen molar-refractivity contribution in [3.05, 3.63) is 70.4 Å². The molecule has 0 radical (unpaired) electrons. The summed E-state index contributed by atoms with van der Waals surface area (Å²) in [5, 5.41) is 2.08. The Bertz CT molecular complexity index is 1090. The van der Waals surface area contributed by atoms with Crippen LogP contribution in [0.1, 0.15) is 22.8 Å². The Hall–Kier alpha value is -3.66. The van der Waals surface area contributed by atoms with Gasteiger partial charge in [0.2, 0.25) is 0 Å². The SMILES string of the molecule is CCOC(=O)c1ccc(OCC(=O)NCCN2C(=O)S/C(=C\c3ccccc3F)C2=O)cc1. The molecule has 3 rings (SSSR count). The lowest BCUT2D eigenvalue weighted by molar-refractivity contribution is -0.125. The van der Waals surface area contributed by atoms with E-state index in [0.717, 1.165) is 16.7 Å². The van der Waals surface area contributed by atoms with E-state index in [1.165, 1.54) is 36.4 Å². The number of carbonyl (C=O) groups is 4. The number of ether oxygens (including phenoxy) is 2. The molecule has 3 amide bonds. The molecule has 1 saturated heterocycles. The Morgan fingerprint density at radius 1 is 1.12 bits per heavy atom. The van der Waals surface area contributed by atoms with Gasteiger partial charge in [-0.25, -0.2) is 9.18 Å². The van der Waals surface area contributed by atoms with Crippen LogP contribution in [0, 0.1) is 5.82 Å². The van der Waals surface area contributed by atoms with Crippen molar-refractivity contribution in [3.63, 3.8) is 0 Å². The number of hydrogen-bond donors (Lipinski definition) is 1. The number of esters is 1. The summed E-state index contributed by atoms with van der Waals surface area (Å²) < 4.78 is 24.0. The van der Waals surface area contributed by atoms with Crippen LogP contribution in [0.5, 0.6) is 5.75 Å². The summed E-state index contributed by atoms with van der Waals surface area (Å²) >= 11 is 0.719. The van der Waals surface area contributed by atoms with Gasteiger partial charge in [0.15, 0.2) is 6.61 Å². The van der Waals surface area contributed by atoms with E-state index in [1.54, 1.807) is 25.1 Å². The lowest BCUT2D eigenvalue weighted by Crippen LogP contribution is -2.38. The number of hydrogen-bond acceptors (Lipinski definition) is 7. The van der Waals surface area contributed by atoms with Crippen molar-refractivity contribution >= 4 is 40.9 Å². The molecule has 33 heavy (non-hydrogen) atoms. The van der Waals surface area contributed by atoms with E-state index in [0.29, 0.717) is 11.3 Å². The lowest BCUT2D eigenvalue weighted by atomic mass is 10.2. The standard InChI is InChI=1S/C23H21FN2O6S/c1-2-31-22(29)15-7-9-17(10-8-15)32-14-20(27)25-11-12-26-21(28)19(33-23(26)30)13-16-5-3-4-6-18(16)24/h3-10,13H,2,11-12,14H2,1H3,(H,25,27)/b19-13-. The molecule has 0 aromatic heterocycles. The summed E-state index contributed by atoms with van der Waals surface area (Å²) in [6, 6.07) is 12.1. The zero-order valence-corrected chi connectivity index (χ0v) is 18.5. The molecule has 0 spiro atoms. The van der Waals surface area contributed by atoms with Gasteiger partial charge < -0.3 is 14.8 Å². The summed E-state index contributed by atoms with van der Waals surface area (Å²) in [7, 11) is 0. The molecule has 0 atom stereocenters. The van der Waals surface area contributed by atoms with Crippen LogP contribution < -0.4 is 10.1 Å². The second-order valence-electron chi connectivity index (χ2n) is 6.74. The molecular weight excluding hydrogens is 451 g/mol. The Labute approximate surface area is 193 Å². The molecule has 2 aromatic carbocycles. The van der Waals surface area contributed by atoms with E-state index in [2.05, 4.69) is 5.32 Å². The van der Waals surface area contributed by atoms with Crippen LogP contribution in [0.15, 0.2) is 53.4 Å². The number of rotatable bonds is 9. The Balaban J connectivity index is 1.45. The van der Waals surface area contributed by atoms with Crippen LogP contribution >= 0.6 is 11.8 Å². The van der Waals surface area contributed by atoms with Crippen LogP contribution in [-0.4, -0.2) is 54.2 Å². The first kappa shape index (κ1) is 24.0. The van der Waals surface area contributed by atoms with Crippen LogP contribution in [0.4, 0.5) is 9.18 Å². The maximum atomic E-state index is 13.8. The largest absolute Gasteiger partial charge is 0.484 e. The molecular formula is C23H21FN2O6S. The highest BCUT2D eigenvalue weighted by molar-refractivity contribution is 8.18. The average Bonchev–Trinajstić information content (AvgIpc) is 3.07. The van der Waals surface area contributed by atoms with Crippen molar-refractivity contribution in [2.75, 3.05) is 26.3 Å². The van der Waals surface area contributed by atoms with Gasteiger partial charge in [-0.3, -0.25) is 19.3 Å². The molecule has 10 heteroatoms. The highest BCUT2D eigenvalue weighted by Crippen LogP contribution is 2.32. The van der Waals surface area contributed by atoms with Gasteiger partial charge in [0, 0.05) is 18.7 Å². The quantitative estimate of drug-likeness (QED) is 0.442. The number of nitrogens with zero attached hydrogens (tertiary/aromatic N) is 1. The summed E-state index contributed by atoms with van der Waals surface area (Å²) in [6.07, 6.45) is 1.33. The minimum atomic E-state index is -0.541. The van der Waals surface area contributed by atoms with E-state index < -0.39 is 28.8 Å². The molecule has 1 heterocycles. The molecule has 8 nitrogen and oxygen atoms in total. The van der Waals surface area contributed by atoms with E-state index in [1.807, 2.05) is 0 Å². The highest BCUT2D eigenvalue weighted by Gasteiger charge is 2.34. The van der Waals surface area contributed by atoms with Gasteiger partial charge in [-0.05, 0) is 55.1 Å². The Morgan fingerprint density at radius 3 is 2.55 bits per heavy atom. The number of halogens is 1. The van der Waals surface area contributed by atoms with Gasteiger partial charge in [-0.1, -0.05) is 18.2 Å². The Kier molecular flexibility index (Phi) is 8.20. The predicted molar refractivity (Wildman–Crippen MR) is 120 cm³/mol. The third-order valence-electron chi connectivity index (χ3n) is 4.46. The minimum absolute atomic E-state index is 0.0285. The monoisotopic (exact) mass is 472 g/mol.